The first-order valence-electron chi connectivity index (χ1n) is 13.6. The number of carbonyl (C=O) groups excluding carboxylic acids is 2. The number of rotatable bonds is 8. The van der Waals surface area contributed by atoms with Gasteiger partial charge in [0.05, 0.1) is 6.54 Å². The molecular weight excluding hydrogens is 460 g/mol. The fourth-order valence-electron chi connectivity index (χ4n) is 6.12. The molecule has 1 aliphatic carbocycles. The SMILES string of the molecule is C=C(C)[C@@H]1CC=C(CN2CCC3(CC2)C(=O)N(Cc2cccnc2)C(=O)N3CCc2ccccc2)CC1. The molecule has 1 spiro atoms. The summed E-state index contributed by atoms with van der Waals surface area (Å²) >= 11 is 0. The maximum atomic E-state index is 13.9. The number of benzene rings is 1. The predicted octanol–water partition coefficient (Wildman–Crippen LogP) is 5.23. The summed E-state index contributed by atoms with van der Waals surface area (Å²) in [4.78, 5) is 37.6. The standard InChI is InChI=1S/C31H38N4O2/c1-24(2)28-12-10-26(11-13-28)22-33-19-15-31(16-20-33)29(36)34(23-27-9-6-17-32-21-27)30(37)35(31)18-14-25-7-4-3-5-8-25/h3-10,17,21,28H,1,11-16,18-20,22-23H2,2H3/t28-/m1/s1. The molecule has 3 aliphatic rings. The van der Waals surface area contributed by atoms with Crippen molar-refractivity contribution in [2.75, 3.05) is 26.2 Å². The van der Waals surface area contributed by atoms with Gasteiger partial charge in [0, 0.05) is 38.6 Å². The van der Waals surface area contributed by atoms with Gasteiger partial charge in [0.15, 0.2) is 0 Å². The van der Waals surface area contributed by atoms with Gasteiger partial charge in [-0.15, -0.1) is 0 Å². The molecule has 37 heavy (non-hydrogen) atoms. The molecule has 0 saturated carbocycles. The summed E-state index contributed by atoms with van der Waals surface area (Å²) in [5.41, 5.74) is 4.08. The number of imide groups is 1. The molecule has 3 amide bonds. The van der Waals surface area contributed by atoms with Crippen LogP contribution in [0, 0.1) is 5.92 Å². The highest BCUT2D eigenvalue weighted by Crippen LogP contribution is 2.39. The molecule has 0 N–H and O–H groups in total. The number of carbonyl (C=O) groups is 2. The zero-order valence-electron chi connectivity index (χ0n) is 21.9. The van der Waals surface area contributed by atoms with Crippen molar-refractivity contribution in [1.82, 2.24) is 19.7 Å². The Kier molecular flexibility index (Phi) is 7.56. The molecule has 0 unspecified atom stereocenters. The Balaban J connectivity index is 1.30. The van der Waals surface area contributed by atoms with E-state index in [1.807, 2.05) is 35.2 Å². The van der Waals surface area contributed by atoms with Gasteiger partial charge in [-0.3, -0.25) is 19.6 Å². The van der Waals surface area contributed by atoms with Crippen LogP contribution in [0.2, 0.25) is 0 Å². The molecular formula is C31H38N4O2. The molecule has 3 heterocycles. The first kappa shape index (κ1) is 25.4. The monoisotopic (exact) mass is 498 g/mol. The molecule has 1 aromatic heterocycles. The normalized spacial score (nSPS) is 22.0. The molecule has 0 bridgehead atoms. The number of amides is 3. The van der Waals surface area contributed by atoms with Crippen molar-refractivity contribution in [3.63, 3.8) is 0 Å². The zero-order valence-corrected chi connectivity index (χ0v) is 21.9. The second-order valence-corrected chi connectivity index (χ2v) is 10.9. The minimum Gasteiger partial charge on any atom is -0.309 e. The molecule has 2 aromatic rings. The highest BCUT2D eigenvalue weighted by molar-refractivity contribution is 6.07. The lowest BCUT2D eigenvalue weighted by Crippen LogP contribution is -2.57. The van der Waals surface area contributed by atoms with E-state index in [9.17, 15) is 9.59 Å². The average Bonchev–Trinajstić information content (AvgIpc) is 3.11. The van der Waals surface area contributed by atoms with Gasteiger partial charge in [0.2, 0.25) is 0 Å². The summed E-state index contributed by atoms with van der Waals surface area (Å²) in [5.74, 6) is 0.565. The first-order valence-corrected chi connectivity index (χ1v) is 13.6. The van der Waals surface area contributed by atoms with E-state index in [1.165, 1.54) is 28.0 Å². The predicted molar refractivity (Wildman–Crippen MR) is 146 cm³/mol. The van der Waals surface area contributed by atoms with Crippen molar-refractivity contribution < 1.29 is 9.59 Å². The first-order chi connectivity index (χ1) is 18.0. The van der Waals surface area contributed by atoms with E-state index < -0.39 is 5.54 Å². The summed E-state index contributed by atoms with van der Waals surface area (Å²) in [5, 5.41) is 0. The van der Waals surface area contributed by atoms with E-state index in [1.54, 1.807) is 12.4 Å². The Bertz CT molecular complexity index is 1150. The molecule has 5 rings (SSSR count). The van der Waals surface area contributed by atoms with Crippen molar-refractivity contribution in [2.24, 2.45) is 5.92 Å². The van der Waals surface area contributed by atoms with Crippen LogP contribution in [0.15, 0.2) is 78.7 Å². The van der Waals surface area contributed by atoms with E-state index in [0.29, 0.717) is 25.3 Å². The summed E-state index contributed by atoms with van der Waals surface area (Å²) < 4.78 is 0. The lowest BCUT2D eigenvalue weighted by Gasteiger charge is -2.42. The minimum absolute atomic E-state index is 0.0461. The number of pyridine rings is 1. The van der Waals surface area contributed by atoms with Gasteiger partial charge in [0.1, 0.15) is 5.54 Å². The molecule has 2 aliphatic heterocycles. The van der Waals surface area contributed by atoms with Gasteiger partial charge in [-0.05, 0) is 68.6 Å². The van der Waals surface area contributed by atoms with Crippen LogP contribution >= 0.6 is 0 Å². The van der Waals surface area contributed by atoms with Crippen molar-refractivity contribution in [1.29, 1.82) is 0 Å². The van der Waals surface area contributed by atoms with E-state index >= 15 is 0 Å². The van der Waals surface area contributed by atoms with Crippen molar-refractivity contribution >= 4 is 11.9 Å². The minimum atomic E-state index is -0.753. The Hall–Kier alpha value is -3.25. The topological polar surface area (TPSA) is 56.8 Å². The molecule has 0 radical (unpaired) electrons. The number of piperidine rings is 1. The molecule has 2 saturated heterocycles. The number of urea groups is 1. The third kappa shape index (κ3) is 5.40. The van der Waals surface area contributed by atoms with Crippen LogP contribution in [0.4, 0.5) is 4.79 Å². The maximum Gasteiger partial charge on any atom is 0.328 e. The molecule has 6 nitrogen and oxygen atoms in total. The van der Waals surface area contributed by atoms with Crippen LogP contribution < -0.4 is 0 Å². The molecule has 194 valence electrons. The number of hydrogen-bond donors (Lipinski definition) is 0. The van der Waals surface area contributed by atoms with E-state index in [4.69, 9.17) is 0 Å². The van der Waals surface area contributed by atoms with Crippen LogP contribution in [0.25, 0.3) is 0 Å². The second kappa shape index (κ2) is 11.0. The summed E-state index contributed by atoms with van der Waals surface area (Å²) in [6.07, 6.45) is 11.3. The van der Waals surface area contributed by atoms with Gasteiger partial charge < -0.3 is 4.90 Å². The van der Waals surface area contributed by atoms with Crippen LogP contribution in [-0.4, -0.2) is 63.3 Å². The fourth-order valence-corrected chi connectivity index (χ4v) is 6.12. The van der Waals surface area contributed by atoms with Gasteiger partial charge in [-0.2, -0.15) is 0 Å². The van der Waals surface area contributed by atoms with Crippen molar-refractivity contribution in [3.05, 3.63) is 89.8 Å². The van der Waals surface area contributed by atoms with Crippen LogP contribution in [0.5, 0.6) is 0 Å². The molecule has 2 fully saturated rings. The van der Waals surface area contributed by atoms with Crippen molar-refractivity contribution in [2.45, 2.75) is 57.5 Å². The Labute approximate surface area is 220 Å². The highest BCUT2D eigenvalue weighted by atomic mass is 16.2. The van der Waals surface area contributed by atoms with E-state index in [-0.39, 0.29) is 18.5 Å². The summed E-state index contributed by atoms with van der Waals surface area (Å²) in [6.45, 7) is 9.70. The highest BCUT2D eigenvalue weighted by Gasteiger charge is 2.57. The third-order valence-electron chi connectivity index (χ3n) is 8.46. The van der Waals surface area contributed by atoms with Crippen LogP contribution in [-0.2, 0) is 17.8 Å². The smallest absolute Gasteiger partial charge is 0.309 e. The lowest BCUT2D eigenvalue weighted by molar-refractivity contribution is -0.136. The summed E-state index contributed by atoms with van der Waals surface area (Å²) in [6, 6.07) is 13.8. The maximum absolute atomic E-state index is 13.9. The molecule has 1 aromatic carbocycles. The van der Waals surface area contributed by atoms with E-state index in [2.05, 4.69) is 41.6 Å². The van der Waals surface area contributed by atoms with Gasteiger partial charge in [-0.1, -0.05) is 60.2 Å². The Morgan fingerprint density at radius 1 is 1.05 bits per heavy atom. The zero-order chi connectivity index (χ0) is 25.8. The third-order valence-corrected chi connectivity index (χ3v) is 8.46. The number of nitrogens with zero attached hydrogens (tertiary/aromatic N) is 4. The Morgan fingerprint density at radius 3 is 2.46 bits per heavy atom. The summed E-state index contributed by atoms with van der Waals surface area (Å²) in [7, 11) is 0. The number of aromatic nitrogens is 1. The average molecular weight is 499 g/mol. The molecule has 1 atom stereocenters. The number of likely N-dealkylation sites (tertiary alicyclic amines) is 1. The fraction of sp³-hybridized carbons (Fsp3) is 0.452. The van der Waals surface area contributed by atoms with Gasteiger partial charge in [0.25, 0.3) is 5.91 Å². The second-order valence-electron chi connectivity index (χ2n) is 10.9. The molecule has 6 heteroatoms. The largest absolute Gasteiger partial charge is 0.328 e. The van der Waals surface area contributed by atoms with Gasteiger partial charge in [-0.25, -0.2) is 4.79 Å². The quantitative estimate of drug-likeness (QED) is 0.370. The van der Waals surface area contributed by atoms with Crippen LogP contribution in [0.1, 0.15) is 50.2 Å². The number of allylic oxidation sites excluding steroid dienone is 2. The van der Waals surface area contributed by atoms with Gasteiger partial charge >= 0.3 is 6.03 Å². The lowest BCUT2D eigenvalue weighted by atomic mass is 9.83. The number of hydrogen-bond acceptors (Lipinski definition) is 4. The Morgan fingerprint density at radius 2 is 1.81 bits per heavy atom. The van der Waals surface area contributed by atoms with Crippen LogP contribution in [0.3, 0.4) is 0 Å². The van der Waals surface area contributed by atoms with E-state index in [0.717, 1.165) is 44.5 Å². The van der Waals surface area contributed by atoms with Crippen molar-refractivity contribution in [3.8, 4) is 0 Å².